The maximum absolute atomic E-state index is 12.5. The lowest BCUT2D eigenvalue weighted by molar-refractivity contribution is 0.103. The van der Waals surface area contributed by atoms with Crippen LogP contribution in [0.5, 0.6) is 11.5 Å². The molecule has 0 amide bonds. The summed E-state index contributed by atoms with van der Waals surface area (Å²) in [5.74, 6) is 0.281. The van der Waals surface area contributed by atoms with E-state index < -0.39 is 10.0 Å². The van der Waals surface area contributed by atoms with Gasteiger partial charge in [-0.3, -0.25) is 4.79 Å². The van der Waals surface area contributed by atoms with Crippen molar-refractivity contribution in [2.45, 2.75) is 9.79 Å². The lowest BCUT2D eigenvalue weighted by Gasteiger charge is -2.38. The fraction of sp³-hybridized carbons (Fsp3) is 0.133. The van der Waals surface area contributed by atoms with E-state index in [9.17, 15) is 15.0 Å². The van der Waals surface area contributed by atoms with Gasteiger partial charge in [0, 0.05) is 20.9 Å². The van der Waals surface area contributed by atoms with Crippen molar-refractivity contribution in [2.24, 2.45) is 0 Å². The summed E-state index contributed by atoms with van der Waals surface area (Å²) in [7, 11) is -1.42. The molecular formula is C15H14O3S. The van der Waals surface area contributed by atoms with Gasteiger partial charge in [0.05, 0.1) is 0 Å². The Morgan fingerprint density at radius 1 is 0.842 bits per heavy atom. The summed E-state index contributed by atoms with van der Waals surface area (Å²) in [4.78, 5) is 14.2. The van der Waals surface area contributed by atoms with Gasteiger partial charge in [-0.05, 0) is 48.9 Å². The van der Waals surface area contributed by atoms with Crippen LogP contribution in [0.15, 0.2) is 46.2 Å². The van der Waals surface area contributed by atoms with Crippen LogP contribution in [-0.4, -0.2) is 28.5 Å². The van der Waals surface area contributed by atoms with Gasteiger partial charge in [-0.1, -0.05) is 0 Å². The topological polar surface area (TPSA) is 57.5 Å². The van der Waals surface area contributed by atoms with Crippen molar-refractivity contribution < 1.29 is 15.0 Å². The number of fused-ring (bicyclic) bond motifs is 2. The molecule has 0 bridgehead atoms. The van der Waals surface area contributed by atoms with E-state index in [2.05, 4.69) is 12.5 Å². The molecule has 2 aromatic rings. The molecule has 1 aliphatic heterocycles. The Hall–Kier alpha value is -1.94. The molecule has 0 aromatic heterocycles. The van der Waals surface area contributed by atoms with Crippen molar-refractivity contribution in [2.75, 3.05) is 12.5 Å². The van der Waals surface area contributed by atoms with E-state index in [1.165, 1.54) is 12.1 Å². The summed E-state index contributed by atoms with van der Waals surface area (Å²) in [5, 5.41) is 19.3. The first-order valence-electron chi connectivity index (χ1n) is 5.85. The summed E-state index contributed by atoms with van der Waals surface area (Å²) in [5.41, 5.74) is 1.30. The molecule has 0 spiro atoms. The van der Waals surface area contributed by atoms with Crippen molar-refractivity contribution in [1.82, 2.24) is 0 Å². The monoisotopic (exact) mass is 274 g/mol. The number of phenols is 2. The quantitative estimate of drug-likeness (QED) is 0.776. The largest absolute Gasteiger partial charge is 0.508 e. The maximum Gasteiger partial charge on any atom is 0.195 e. The minimum atomic E-state index is -1.42. The molecule has 1 heterocycles. The highest BCUT2D eigenvalue weighted by molar-refractivity contribution is 8.32. The number of aromatic hydroxyl groups is 2. The van der Waals surface area contributed by atoms with Crippen molar-refractivity contribution in [3.8, 4) is 11.5 Å². The highest BCUT2D eigenvalue weighted by Crippen LogP contribution is 2.62. The van der Waals surface area contributed by atoms with Gasteiger partial charge in [0.1, 0.15) is 11.5 Å². The predicted molar refractivity (Wildman–Crippen MR) is 75.6 cm³/mol. The Bertz CT molecular complexity index is 647. The normalized spacial score (nSPS) is 17.5. The van der Waals surface area contributed by atoms with E-state index in [-0.39, 0.29) is 17.3 Å². The van der Waals surface area contributed by atoms with Gasteiger partial charge < -0.3 is 10.2 Å². The Kier molecular flexibility index (Phi) is 2.41. The molecule has 4 heteroatoms. The standard InChI is InChI=1S/C15H14O3S/c1-19(2)13-7-9(16)3-5-11(13)15(18)12-6-4-10(17)8-14(12)19/h3-8,16-17H,1-2H3. The zero-order valence-corrected chi connectivity index (χ0v) is 11.5. The van der Waals surface area contributed by atoms with Gasteiger partial charge in [-0.15, -0.1) is 0 Å². The van der Waals surface area contributed by atoms with Crippen LogP contribution in [0, 0.1) is 0 Å². The lowest BCUT2D eigenvalue weighted by Crippen LogP contribution is -2.17. The molecule has 0 saturated heterocycles. The highest BCUT2D eigenvalue weighted by atomic mass is 32.3. The molecule has 0 saturated carbocycles. The summed E-state index contributed by atoms with van der Waals surface area (Å²) in [6.07, 6.45) is 4.13. The molecule has 1 aliphatic rings. The smallest absolute Gasteiger partial charge is 0.195 e. The summed E-state index contributed by atoms with van der Waals surface area (Å²) in [6, 6.07) is 9.76. The molecule has 0 aliphatic carbocycles. The van der Waals surface area contributed by atoms with Crippen molar-refractivity contribution in [1.29, 1.82) is 0 Å². The summed E-state index contributed by atoms with van der Waals surface area (Å²) < 4.78 is 0. The molecule has 0 unspecified atom stereocenters. The number of rotatable bonds is 0. The average molecular weight is 274 g/mol. The van der Waals surface area contributed by atoms with E-state index in [0.29, 0.717) is 11.1 Å². The minimum absolute atomic E-state index is 0.0446. The zero-order valence-electron chi connectivity index (χ0n) is 10.7. The second kappa shape index (κ2) is 3.78. The van der Waals surface area contributed by atoms with Crippen LogP contribution in [-0.2, 0) is 0 Å². The van der Waals surface area contributed by atoms with Crippen LogP contribution in [0.1, 0.15) is 15.9 Å². The van der Waals surface area contributed by atoms with Crippen molar-refractivity contribution in [3.05, 3.63) is 47.5 Å². The third kappa shape index (κ3) is 1.64. The molecule has 3 nitrogen and oxygen atoms in total. The lowest BCUT2D eigenvalue weighted by atomic mass is 10.0. The number of ketones is 1. The van der Waals surface area contributed by atoms with Crippen LogP contribution in [0.4, 0.5) is 0 Å². The molecule has 3 rings (SSSR count). The molecular weight excluding hydrogens is 260 g/mol. The maximum atomic E-state index is 12.5. The average Bonchev–Trinajstić information content (AvgIpc) is 2.36. The van der Waals surface area contributed by atoms with Gasteiger partial charge >= 0.3 is 0 Å². The molecule has 0 fully saturated rings. The van der Waals surface area contributed by atoms with Gasteiger partial charge in [0.15, 0.2) is 5.78 Å². The van der Waals surface area contributed by atoms with Crippen LogP contribution < -0.4 is 0 Å². The molecule has 0 atom stereocenters. The van der Waals surface area contributed by atoms with E-state index >= 15 is 0 Å². The summed E-state index contributed by atoms with van der Waals surface area (Å²) >= 11 is 0. The molecule has 19 heavy (non-hydrogen) atoms. The predicted octanol–water partition coefficient (Wildman–Crippen LogP) is 3.12. The van der Waals surface area contributed by atoms with E-state index in [0.717, 1.165) is 9.79 Å². The van der Waals surface area contributed by atoms with Gasteiger partial charge in [-0.2, -0.15) is 10.0 Å². The second-order valence-corrected chi connectivity index (χ2v) is 8.55. The second-order valence-electron chi connectivity index (χ2n) is 5.02. The minimum Gasteiger partial charge on any atom is -0.508 e. The number of benzene rings is 2. The molecule has 0 radical (unpaired) electrons. The molecule has 2 aromatic carbocycles. The molecule has 2 N–H and O–H groups in total. The van der Waals surface area contributed by atoms with Crippen LogP contribution in [0.3, 0.4) is 0 Å². The Labute approximate surface area is 112 Å². The van der Waals surface area contributed by atoms with Gasteiger partial charge in [0.25, 0.3) is 0 Å². The first-order chi connectivity index (χ1) is 8.91. The van der Waals surface area contributed by atoms with E-state index in [1.54, 1.807) is 24.3 Å². The first kappa shape index (κ1) is 12.1. The fourth-order valence-electron chi connectivity index (χ4n) is 2.51. The van der Waals surface area contributed by atoms with Crippen molar-refractivity contribution >= 4 is 15.8 Å². The number of carbonyl (C=O) groups is 1. The first-order valence-corrected chi connectivity index (χ1v) is 8.30. The van der Waals surface area contributed by atoms with Crippen LogP contribution >= 0.6 is 10.0 Å². The third-order valence-electron chi connectivity index (χ3n) is 3.52. The van der Waals surface area contributed by atoms with Gasteiger partial charge in [0.2, 0.25) is 0 Å². The highest BCUT2D eigenvalue weighted by Gasteiger charge is 2.33. The SMILES string of the molecule is CS1(C)c2cc(O)ccc2C(=O)c2ccc(O)cc21. The van der Waals surface area contributed by atoms with Gasteiger partial charge in [-0.25, -0.2) is 0 Å². The summed E-state index contributed by atoms with van der Waals surface area (Å²) in [6.45, 7) is 0. The Morgan fingerprint density at radius 3 is 1.68 bits per heavy atom. The molecule has 98 valence electrons. The van der Waals surface area contributed by atoms with E-state index in [1.807, 2.05) is 0 Å². The Balaban J connectivity index is 2.36. The van der Waals surface area contributed by atoms with Crippen molar-refractivity contribution in [3.63, 3.8) is 0 Å². The number of carbonyl (C=O) groups excluding carboxylic acids is 1. The number of hydrogen-bond acceptors (Lipinski definition) is 3. The zero-order chi connectivity index (χ0) is 13.8. The van der Waals surface area contributed by atoms with Crippen LogP contribution in [0.25, 0.3) is 0 Å². The van der Waals surface area contributed by atoms with Crippen LogP contribution in [0.2, 0.25) is 0 Å². The third-order valence-corrected chi connectivity index (χ3v) is 6.39. The number of phenolic OH excluding ortho intramolecular Hbond substituents is 2. The fourth-order valence-corrected chi connectivity index (χ4v) is 4.99. The number of hydrogen-bond donors (Lipinski definition) is 2. The Morgan fingerprint density at radius 2 is 1.26 bits per heavy atom. The van der Waals surface area contributed by atoms with E-state index in [4.69, 9.17) is 0 Å².